The molecule has 0 aliphatic rings. The molecule has 0 saturated carbocycles. The molecule has 0 unspecified atom stereocenters. The average Bonchev–Trinajstić information content (AvgIpc) is 2.30. The Hall–Kier alpha value is -0.840. The Morgan fingerprint density at radius 3 is 2.83 bits per heavy atom. The summed E-state index contributed by atoms with van der Waals surface area (Å²) in [6.45, 7) is 2.05. The molecule has 2 aromatic rings. The minimum atomic E-state index is -0.0731. The van der Waals surface area contributed by atoms with Gasteiger partial charge in [0.05, 0.1) is 17.3 Å². The minimum absolute atomic E-state index is 0.0731. The van der Waals surface area contributed by atoms with Crippen LogP contribution in [0.5, 0.6) is 0 Å². The summed E-state index contributed by atoms with van der Waals surface area (Å²) in [4.78, 5) is 16.1. The van der Waals surface area contributed by atoms with Crippen molar-refractivity contribution >= 4 is 39.1 Å². The van der Waals surface area contributed by atoms with E-state index in [4.69, 9.17) is 23.2 Å². The van der Waals surface area contributed by atoms with Crippen molar-refractivity contribution in [3.05, 3.63) is 60.7 Å². The van der Waals surface area contributed by atoms with E-state index in [1.54, 1.807) is 35.9 Å². The number of aryl methyl sites for hydroxylation is 1. The van der Waals surface area contributed by atoms with Crippen LogP contribution in [0.3, 0.4) is 0 Å². The number of pyridine rings is 2. The summed E-state index contributed by atoms with van der Waals surface area (Å²) in [5.74, 6) is 0. The first-order valence-electron chi connectivity index (χ1n) is 5.15. The van der Waals surface area contributed by atoms with Crippen molar-refractivity contribution in [2.45, 2.75) is 13.5 Å². The van der Waals surface area contributed by atoms with Crippen molar-refractivity contribution < 1.29 is 0 Å². The number of aromatic nitrogens is 2. The third-order valence-electron chi connectivity index (χ3n) is 2.44. The zero-order chi connectivity index (χ0) is 13.3. The van der Waals surface area contributed by atoms with Gasteiger partial charge in [-0.3, -0.25) is 4.79 Å². The SMILES string of the molecule is Cc1cc(Br)cn(Cc2nc(Cl)ccc2Cl)c1=O. The highest BCUT2D eigenvalue weighted by Gasteiger charge is 2.07. The Labute approximate surface area is 123 Å². The van der Waals surface area contributed by atoms with Gasteiger partial charge in [-0.1, -0.05) is 23.2 Å². The molecule has 6 heteroatoms. The predicted octanol–water partition coefficient (Wildman–Crippen LogP) is 3.67. The van der Waals surface area contributed by atoms with Gasteiger partial charge in [0.25, 0.3) is 5.56 Å². The highest BCUT2D eigenvalue weighted by Crippen LogP contribution is 2.18. The molecule has 3 nitrogen and oxygen atoms in total. The maximum Gasteiger partial charge on any atom is 0.253 e. The van der Waals surface area contributed by atoms with E-state index in [1.807, 2.05) is 0 Å². The van der Waals surface area contributed by atoms with Crippen LogP contribution in [0.2, 0.25) is 10.2 Å². The first kappa shape index (κ1) is 13.6. The highest BCUT2D eigenvalue weighted by molar-refractivity contribution is 9.10. The maximum atomic E-state index is 12.0. The Bertz CT molecular complexity index is 655. The van der Waals surface area contributed by atoms with Crippen molar-refractivity contribution in [2.75, 3.05) is 0 Å². The molecule has 0 N–H and O–H groups in total. The first-order valence-corrected chi connectivity index (χ1v) is 6.70. The Balaban J connectivity index is 2.46. The lowest BCUT2D eigenvalue weighted by Crippen LogP contribution is -2.22. The standard InChI is InChI=1S/C12H9BrCl2N2O/c1-7-4-8(13)5-17(12(7)18)6-10-9(14)2-3-11(15)16-10/h2-5H,6H2,1H3. The van der Waals surface area contributed by atoms with Gasteiger partial charge in [0.1, 0.15) is 5.15 Å². The van der Waals surface area contributed by atoms with Gasteiger partial charge in [0.15, 0.2) is 0 Å². The molecule has 0 spiro atoms. The van der Waals surface area contributed by atoms with Crippen LogP contribution in [-0.4, -0.2) is 9.55 Å². The summed E-state index contributed by atoms with van der Waals surface area (Å²) in [6, 6.07) is 5.05. The third-order valence-corrected chi connectivity index (χ3v) is 3.42. The van der Waals surface area contributed by atoms with Crippen molar-refractivity contribution in [3.63, 3.8) is 0 Å². The van der Waals surface area contributed by atoms with Gasteiger partial charge in [-0.25, -0.2) is 4.98 Å². The molecule has 18 heavy (non-hydrogen) atoms. The van der Waals surface area contributed by atoms with Crippen LogP contribution >= 0.6 is 39.1 Å². The molecule has 0 radical (unpaired) electrons. The number of hydrogen-bond donors (Lipinski definition) is 0. The van der Waals surface area contributed by atoms with Gasteiger partial charge in [-0.05, 0) is 41.1 Å². The largest absolute Gasteiger partial charge is 0.308 e. The van der Waals surface area contributed by atoms with E-state index in [0.29, 0.717) is 28.0 Å². The smallest absolute Gasteiger partial charge is 0.253 e. The van der Waals surface area contributed by atoms with Gasteiger partial charge in [0, 0.05) is 16.2 Å². The van der Waals surface area contributed by atoms with Gasteiger partial charge >= 0.3 is 0 Å². The van der Waals surface area contributed by atoms with Crippen molar-refractivity contribution in [1.82, 2.24) is 9.55 Å². The fraction of sp³-hybridized carbons (Fsp3) is 0.167. The Morgan fingerprint density at radius 2 is 2.11 bits per heavy atom. The second kappa shape index (κ2) is 5.43. The molecule has 0 fully saturated rings. The fourth-order valence-electron chi connectivity index (χ4n) is 1.59. The zero-order valence-electron chi connectivity index (χ0n) is 9.45. The molecule has 0 aliphatic carbocycles. The lowest BCUT2D eigenvalue weighted by Gasteiger charge is -2.08. The minimum Gasteiger partial charge on any atom is -0.308 e. The second-order valence-electron chi connectivity index (χ2n) is 3.84. The third kappa shape index (κ3) is 2.94. The summed E-state index contributed by atoms with van der Waals surface area (Å²) < 4.78 is 2.38. The lowest BCUT2D eigenvalue weighted by molar-refractivity contribution is 0.731. The van der Waals surface area contributed by atoms with Gasteiger partial charge in [0.2, 0.25) is 0 Å². The molecule has 0 bridgehead atoms. The van der Waals surface area contributed by atoms with Crippen LogP contribution in [0.1, 0.15) is 11.3 Å². The molecule has 94 valence electrons. The van der Waals surface area contributed by atoms with Crippen molar-refractivity contribution in [3.8, 4) is 0 Å². The lowest BCUT2D eigenvalue weighted by atomic mass is 10.3. The number of rotatable bonds is 2. The van der Waals surface area contributed by atoms with E-state index in [1.165, 1.54) is 0 Å². The van der Waals surface area contributed by atoms with Crippen LogP contribution in [0.4, 0.5) is 0 Å². The second-order valence-corrected chi connectivity index (χ2v) is 5.55. The maximum absolute atomic E-state index is 12.0. The molecule has 0 aliphatic heterocycles. The topological polar surface area (TPSA) is 34.9 Å². The van der Waals surface area contributed by atoms with Gasteiger partial charge < -0.3 is 4.57 Å². The molecule has 0 saturated heterocycles. The van der Waals surface area contributed by atoms with Crippen LogP contribution in [-0.2, 0) is 6.54 Å². The summed E-state index contributed by atoms with van der Waals surface area (Å²) in [7, 11) is 0. The van der Waals surface area contributed by atoms with Crippen LogP contribution in [0.15, 0.2) is 33.7 Å². The fourth-order valence-corrected chi connectivity index (χ4v) is 2.51. The molecule has 2 rings (SSSR count). The molecule has 0 amide bonds. The predicted molar refractivity (Wildman–Crippen MR) is 76.5 cm³/mol. The van der Waals surface area contributed by atoms with E-state index in [0.717, 1.165) is 4.47 Å². The molecular formula is C12H9BrCl2N2O. The van der Waals surface area contributed by atoms with Crippen LogP contribution in [0.25, 0.3) is 0 Å². The summed E-state index contributed by atoms with van der Waals surface area (Å²) in [6.07, 6.45) is 1.70. The molecule has 0 atom stereocenters. The van der Waals surface area contributed by atoms with Gasteiger partial charge in [-0.2, -0.15) is 0 Å². The normalized spacial score (nSPS) is 10.7. The highest BCUT2D eigenvalue weighted by atomic mass is 79.9. The quantitative estimate of drug-likeness (QED) is 0.777. The number of halogens is 3. The van der Waals surface area contributed by atoms with E-state index in [9.17, 15) is 4.79 Å². The molecule has 2 heterocycles. The van der Waals surface area contributed by atoms with Crippen LogP contribution in [0, 0.1) is 6.92 Å². The molecule has 2 aromatic heterocycles. The monoisotopic (exact) mass is 346 g/mol. The first-order chi connectivity index (χ1) is 8.47. The number of nitrogens with zero attached hydrogens (tertiary/aromatic N) is 2. The number of hydrogen-bond acceptors (Lipinski definition) is 2. The molecular weight excluding hydrogens is 339 g/mol. The zero-order valence-corrected chi connectivity index (χ0v) is 12.6. The average molecular weight is 348 g/mol. The van der Waals surface area contributed by atoms with E-state index < -0.39 is 0 Å². The molecule has 0 aromatic carbocycles. The Morgan fingerprint density at radius 1 is 1.39 bits per heavy atom. The van der Waals surface area contributed by atoms with E-state index >= 15 is 0 Å². The van der Waals surface area contributed by atoms with Crippen molar-refractivity contribution in [2.24, 2.45) is 0 Å². The summed E-state index contributed by atoms with van der Waals surface area (Å²) >= 11 is 15.2. The Kier molecular flexibility index (Phi) is 4.10. The van der Waals surface area contributed by atoms with Gasteiger partial charge in [-0.15, -0.1) is 0 Å². The van der Waals surface area contributed by atoms with E-state index in [2.05, 4.69) is 20.9 Å². The summed E-state index contributed by atoms with van der Waals surface area (Å²) in [5.41, 5.74) is 1.15. The van der Waals surface area contributed by atoms with Crippen LogP contribution < -0.4 is 5.56 Å². The van der Waals surface area contributed by atoms with E-state index in [-0.39, 0.29) is 5.56 Å². The van der Waals surface area contributed by atoms with Crippen molar-refractivity contribution in [1.29, 1.82) is 0 Å². The summed E-state index contributed by atoms with van der Waals surface area (Å²) in [5, 5.41) is 0.845.